The molecule has 0 radical (unpaired) electrons. The second-order valence-corrected chi connectivity index (χ2v) is 5.81. The maximum absolute atomic E-state index is 13.8. The molecule has 0 heterocycles. The van der Waals surface area contributed by atoms with Crippen LogP contribution in [0.1, 0.15) is 16.7 Å². The van der Waals surface area contributed by atoms with Crippen LogP contribution in [-0.4, -0.2) is 11.9 Å². The molecule has 0 bridgehead atoms. The van der Waals surface area contributed by atoms with Gasteiger partial charge < -0.3 is 0 Å². The van der Waals surface area contributed by atoms with Gasteiger partial charge in [-0.2, -0.15) is 0 Å². The minimum Gasteiger partial charge on any atom is -0.298 e. The van der Waals surface area contributed by atoms with Gasteiger partial charge in [0.1, 0.15) is 5.82 Å². The predicted octanol–water partition coefficient (Wildman–Crippen LogP) is 4.53. The Morgan fingerprint density at radius 3 is 2.58 bits per heavy atom. The summed E-state index contributed by atoms with van der Waals surface area (Å²) in [6.07, 6.45) is 0. The summed E-state index contributed by atoms with van der Waals surface area (Å²) in [6.45, 7) is 3.50. The van der Waals surface area contributed by atoms with E-state index in [-0.39, 0.29) is 5.82 Å². The van der Waals surface area contributed by atoms with Crippen LogP contribution in [0.4, 0.5) is 4.39 Å². The normalized spacial score (nSPS) is 11.0. The molecule has 0 aromatic heterocycles. The molecule has 3 heteroatoms. The number of halogens is 2. The van der Waals surface area contributed by atoms with Crippen molar-refractivity contribution >= 4 is 15.9 Å². The molecule has 0 spiro atoms. The smallest absolute Gasteiger partial charge is 0.128 e. The molecule has 0 N–H and O–H groups in total. The van der Waals surface area contributed by atoms with E-state index in [1.807, 2.05) is 19.2 Å². The van der Waals surface area contributed by atoms with Gasteiger partial charge in [0, 0.05) is 23.1 Å². The van der Waals surface area contributed by atoms with Crippen LogP contribution in [0, 0.1) is 12.7 Å². The fourth-order valence-electron chi connectivity index (χ4n) is 2.12. The van der Waals surface area contributed by atoms with E-state index in [9.17, 15) is 4.39 Å². The van der Waals surface area contributed by atoms with Crippen molar-refractivity contribution in [2.75, 3.05) is 7.05 Å². The van der Waals surface area contributed by atoms with Crippen LogP contribution >= 0.6 is 15.9 Å². The Hall–Kier alpha value is -1.19. The van der Waals surface area contributed by atoms with Crippen LogP contribution in [0.3, 0.4) is 0 Å². The largest absolute Gasteiger partial charge is 0.298 e. The second kappa shape index (κ2) is 6.31. The van der Waals surface area contributed by atoms with Crippen LogP contribution in [0.5, 0.6) is 0 Å². The molecule has 0 unspecified atom stereocenters. The van der Waals surface area contributed by atoms with E-state index in [2.05, 4.69) is 52.0 Å². The first-order chi connectivity index (χ1) is 9.04. The SMILES string of the molecule is Cc1cccc(CN(C)Cc2ccc(Br)cc2F)c1. The van der Waals surface area contributed by atoms with E-state index in [0.717, 1.165) is 16.6 Å². The second-order valence-electron chi connectivity index (χ2n) is 4.90. The molecular formula is C16H17BrFN. The van der Waals surface area contributed by atoms with Crippen LogP contribution in [0.15, 0.2) is 46.9 Å². The highest BCUT2D eigenvalue weighted by atomic mass is 79.9. The molecule has 0 atom stereocenters. The third-order valence-corrected chi connectivity index (χ3v) is 3.48. The summed E-state index contributed by atoms with van der Waals surface area (Å²) in [5.41, 5.74) is 3.22. The van der Waals surface area contributed by atoms with E-state index in [1.54, 1.807) is 0 Å². The van der Waals surface area contributed by atoms with E-state index in [4.69, 9.17) is 0 Å². The Labute approximate surface area is 122 Å². The number of hydrogen-bond acceptors (Lipinski definition) is 1. The number of aryl methyl sites for hydroxylation is 1. The Bertz CT molecular complexity index is 568. The molecule has 0 aliphatic carbocycles. The molecule has 19 heavy (non-hydrogen) atoms. The third kappa shape index (κ3) is 4.15. The summed E-state index contributed by atoms with van der Waals surface area (Å²) in [7, 11) is 2.00. The number of rotatable bonds is 4. The predicted molar refractivity (Wildman–Crippen MR) is 80.5 cm³/mol. The number of nitrogens with zero attached hydrogens (tertiary/aromatic N) is 1. The first-order valence-electron chi connectivity index (χ1n) is 6.22. The first kappa shape index (κ1) is 14.2. The quantitative estimate of drug-likeness (QED) is 0.799. The van der Waals surface area contributed by atoms with Crippen molar-refractivity contribution in [2.45, 2.75) is 20.0 Å². The topological polar surface area (TPSA) is 3.24 Å². The Balaban J connectivity index is 2.03. The van der Waals surface area contributed by atoms with Crippen molar-refractivity contribution in [3.8, 4) is 0 Å². The molecule has 0 amide bonds. The molecule has 100 valence electrons. The summed E-state index contributed by atoms with van der Waals surface area (Å²) >= 11 is 3.27. The molecule has 2 aromatic carbocycles. The van der Waals surface area contributed by atoms with Gasteiger partial charge in [-0.15, -0.1) is 0 Å². The van der Waals surface area contributed by atoms with Crippen molar-refractivity contribution in [1.29, 1.82) is 0 Å². The van der Waals surface area contributed by atoms with Gasteiger partial charge >= 0.3 is 0 Å². The van der Waals surface area contributed by atoms with E-state index in [0.29, 0.717) is 6.54 Å². The maximum atomic E-state index is 13.8. The zero-order chi connectivity index (χ0) is 13.8. The molecule has 0 aliphatic rings. The molecule has 0 saturated heterocycles. The summed E-state index contributed by atoms with van der Waals surface area (Å²) < 4.78 is 14.5. The standard InChI is InChI=1S/C16H17BrFN/c1-12-4-3-5-13(8-12)10-19(2)11-14-6-7-15(17)9-16(14)18/h3-9H,10-11H2,1-2H3. The van der Waals surface area contributed by atoms with Crippen LogP contribution in [0.2, 0.25) is 0 Å². The molecule has 0 saturated carbocycles. The summed E-state index contributed by atoms with van der Waals surface area (Å²) in [4.78, 5) is 2.11. The van der Waals surface area contributed by atoms with E-state index >= 15 is 0 Å². The first-order valence-corrected chi connectivity index (χ1v) is 7.02. The lowest BCUT2D eigenvalue weighted by molar-refractivity contribution is 0.313. The highest BCUT2D eigenvalue weighted by molar-refractivity contribution is 9.10. The van der Waals surface area contributed by atoms with Crippen molar-refractivity contribution in [2.24, 2.45) is 0 Å². The highest BCUT2D eigenvalue weighted by Gasteiger charge is 2.07. The Morgan fingerprint density at radius 2 is 1.89 bits per heavy atom. The van der Waals surface area contributed by atoms with Crippen LogP contribution in [-0.2, 0) is 13.1 Å². The molecule has 0 aliphatic heterocycles. The van der Waals surface area contributed by atoms with Crippen LogP contribution < -0.4 is 0 Å². The van der Waals surface area contributed by atoms with Crippen LogP contribution in [0.25, 0.3) is 0 Å². The average molecular weight is 322 g/mol. The average Bonchev–Trinajstić information content (AvgIpc) is 2.33. The third-order valence-electron chi connectivity index (χ3n) is 2.99. The Kier molecular flexibility index (Phi) is 4.72. The van der Waals surface area contributed by atoms with Gasteiger partial charge in [0.15, 0.2) is 0 Å². The maximum Gasteiger partial charge on any atom is 0.128 e. The summed E-state index contributed by atoms with van der Waals surface area (Å²) in [6, 6.07) is 13.6. The lowest BCUT2D eigenvalue weighted by atomic mass is 10.1. The van der Waals surface area contributed by atoms with Crippen molar-refractivity contribution in [1.82, 2.24) is 4.90 Å². The van der Waals surface area contributed by atoms with Crippen molar-refractivity contribution in [3.05, 3.63) is 69.4 Å². The van der Waals surface area contributed by atoms with Gasteiger partial charge in [-0.3, -0.25) is 4.90 Å². The van der Waals surface area contributed by atoms with E-state index in [1.165, 1.54) is 17.2 Å². The minimum atomic E-state index is -0.162. The van der Waals surface area contributed by atoms with Gasteiger partial charge in [0.25, 0.3) is 0 Å². The Morgan fingerprint density at radius 1 is 1.11 bits per heavy atom. The molecular weight excluding hydrogens is 305 g/mol. The zero-order valence-electron chi connectivity index (χ0n) is 11.2. The van der Waals surface area contributed by atoms with Gasteiger partial charge in [-0.25, -0.2) is 4.39 Å². The van der Waals surface area contributed by atoms with Gasteiger partial charge in [0.2, 0.25) is 0 Å². The summed E-state index contributed by atoms with van der Waals surface area (Å²) in [5.74, 6) is -0.162. The zero-order valence-corrected chi connectivity index (χ0v) is 12.7. The lowest BCUT2D eigenvalue weighted by Crippen LogP contribution is -2.18. The minimum absolute atomic E-state index is 0.162. The van der Waals surface area contributed by atoms with Gasteiger partial charge in [-0.1, -0.05) is 51.8 Å². The molecule has 0 fully saturated rings. The summed E-state index contributed by atoms with van der Waals surface area (Å²) in [5, 5.41) is 0. The van der Waals surface area contributed by atoms with Crippen molar-refractivity contribution in [3.63, 3.8) is 0 Å². The molecule has 2 aromatic rings. The lowest BCUT2D eigenvalue weighted by Gasteiger charge is -2.17. The number of benzene rings is 2. The highest BCUT2D eigenvalue weighted by Crippen LogP contribution is 2.17. The fraction of sp³-hybridized carbons (Fsp3) is 0.250. The number of hydrogen-bond donors (Lipinski definition) is 0. The van der Waals surface area contributed by atoms with Crippen molar-refractivity contribution < 1.29 is 4.39 Å². The molecule has 2 rings (SSSR count). The van der Waals surface area contributed by atoms with Gasteiger partial charge in [-0.05, 0) is 31.7 Å². The fourth-order valence-corrected chi connectivity index (χ4v) is 2.45. The van der Waals surface area contributed by atoms with Gasteiger partial charge in [0.05, 0.1) is 0 Å². The molecule has 1 nitrogen and oxygen atoms in total. The monoisotopic (exact) mass is 321 g/mol. The van der Waals surface area contributed by atoms with E-state index < -0.39 is 0 Å².